The van der Waals surface area contributed by atoms with Crippen molar-refractivity contribution < 1.29 is 14.7 Å². The molecule has 1 aromatic heterocycles. The van der Waals surface area contributed by atoms with E-state index in [1.54, 1.807) is 6.07 Å². The van der Waals surface area contributed by atoms with Crippen molar-refractivity contribution in [3.05, 3.63) is 24.0 Å². The molecule has 1 aliphatic rings. The quantitative estimate of drug-likeness (QED) is 0.850. The molecule has 2 N–H and O–H groups in total. The number of carbonyl (C=O) groups is 2. The monoisotopic (exact) mass is 250 g/mol. The van der Waals surface area contributed by atoms with Gasteiger partial charge in [0.1, 0.15) is 5.69 Å². The van der Waals surface area contributed by atoms with Gasteiger partial charge in [0, 0.05) is 18.8 Å². The minimum atomic E-state index is -0.760. The molecule has 98 valence electrons. The van der Waals surface area contributed by atoms with E-state index in [0.29, 0.717) is 18.5 Å². The van der Waals surface area contributed by atoms with E-state index in [9.17, 15) is 9.59 Å². The van der Waals surface area contributed by atoms with Gasteiger partial charge in [-0.05, 0) is 38.3 Å². The number of hydrogen-bond acceptors (Lipinski definition) is 2. The van der Waals surface area contributed by atoms with Crippen LogP contribution in [0.3, 0.4) is 0 Å². The Bertz CT molecular complexity index is 453. The lowest BCUT2D eigenvalue weighted by atomic mass is 10.1. The van der Waals surface area contributed by atoms with Gasteiger partial charge < -0.3 is 15.0 Å². The topological polar surface area (TPSA) is 71.3 Å². The molecule has 1 aromatic rings. The Kier molecular flexibility index (Phi) is 3.69. The zero-order valence-electron chi connectivity index (χ0n) is 10.4. The average molecular weight is 250 g/mol. The maximum absolute atomic E-state index is 12.0. The van der Waals surface area contributed by atoms with Crippen LogP contribution >= 0.6 is 0 Å². The van der Waals surface area contributed by atoms with Gasteiger partial charge >= 0.3 is 5.97 Å². The molecule has 0 aliphatic heterocycles. The van der Waals surface area contributed by atoms with Crippen molar-refractivity contribution in [3.63, 3.8) is 0 Å². The van der Waals surface area contributed by atoms with Gasteiger partial charge in [0.15, 0.2) is 0 Å². The Labute approximate surface area is 106 Å². The second-order valence-electron chi connectivity index (χ2n) is 4.70. The molecule has 5 heteroatoms. The van der Waals surface area contributed by atoms with Crippen molar-refractivity contribution in [2.24, 2.45) is 5.92 Å². The zero-order valence-corrected chi connectivity index (χ0v) is 10.4. The highest BCUT2D eigenvalue weighted by Crippen LogP contribution is 2.25. The first-order chi connectivity index (χ1) is 8.61. The lowest BCUT2D eigenvalue weighted by molar-refractivity contribution is -0.141. The SMILES string of the molecule is CCn1cccc1C(=O)N[C@H]1CC[C@@H](C(=O)O)C1. The van der Waals surface area contributed by atoms with Crippen LogP contribution in [-0.2, 0) is 11.3 Å². The van der Waals surface area contributed by atoms with Crippen LogP contribution in [0.25, 0.3) is 0 Å². The smallest absolute Gasteiger partial charge is 0.306 e. The Balaban J connectivity index is 1.95. The summed E-state index contributed by atoms with van der Waals surface area (Å²) in [4.78, 5) is 22.9. The number of aryl methyl sites for hydroxylation is 1. The maximum atomic E-state index is 12.0. The molecule has 0 aromatic carbocycles. The van der Waals surface area contributed by atoms with Gasteiger partial charge in [0.2, 0.25) is 0 Å². The van der Waals surface area contributed by atoms with E-state index < -0.39 is 5.97 Å². The summed E-state index contributed by atoms with van der Waals surface area (Å²) in [6.45, 7) is 2.73. The first kappa shape index (κ1) is 12.7. The second kappa shape index (κ2) is 5.25. The van der Waals surface area contributed by atoms with Gasteiger partial charge in [-0.3, -0.25) is 9.59 Å². The number of hydrogen-bond donors (Lipinski definition) is 2. The number of nitrogens with zero attached hydrogens (tertiary/aromatic N) is 1. The number of carbonyl (C=O) groups excluding carboxylic acids is 1. The Hall–Kier alpha value is -1.78. The average Bonchev–Trinajstić information content (AvgIpc) is 2.96. The van der Waals surface area contributed by atoms with E-state index in [2.05, 4.69) is 5.32 Å². The van der Waals surface area contributed by atoms with Gasteiger partial charge in [-0.1, -0.05) is 0 Å². The van der Waals surface area contributed by atoms with Gasteiger partial charge in [-0.25, -0.2) is 0 Å². The summed E-state index contributed by atoms with van der Waals surface area (Å²) in [5, 5.41) is 11.8. The highest BCUT2D eigenvalue weighted by Gasteiger charge is 2.30. The molecule has 0 radical (unpaired) electrons. The molecule has 18 heavy (non-hydrogen) atoms. The molecule has 2 atom stereocenters. The number of nitrogens with one attached hydrogen (secondary N) is 1. The van der Waals surface area contributed by atoms with Crippen LogP contribution in [0.15, 0.2) is 18.3 Å². The van der Waals surface area contributed by atoms with Crippen LogP contribution in [0.5, 0.6) is 0 Å². The molecule has 0 bridgehead atoms. The van der Waals surface area contributed by atoms with E-state index >= 15 is 0 Å². The molecule has 1 saturated carbocycles. The molecule has 2 rings (SSSR count). The molecule has 0 spiro atoms. The lowest BCUT2D eigenvalue weighted by Gasteiger charge is -2.13. The summed E-state index contributed by atoms with van der Waals surface area (Å²) in [5.41, 5.74) is 0.635. The van der Waals surface area contributed by atoms with Crippen LogP contribution in [0, 0.1) is 5.92 Å². The van der Waals surface area contributed by atoms with E-state index in [4.69, 9.17) is 5.11 Å². The fourth-order valence-electron chi connectivity index (χ4n) is 2.49. The predicted molar refractivity (Wildman–Crippen MR) is 66.3 cm³/mol. The third-order valence-corrected chi connectivity index (χ3v) is 3.52. The van der Waals surface area contributed by atoms with E-state index in [1.165, 1.54) is 0 Å². The van der Waals surface area contributed by atoms with Crippen molar-refractivity contribution in [3.8, 4) is 0 Å². The first-order valence-corrected chi connectivity index (χ1v) is 6.30. The number of carboxylic acid groups (broad SMARTS) is 1. The Morgan fingerprint density at radius 3 is 2.89 bits per heavy atom. The van der Waals surface area contributed by atoms with Crippen LogP contribution in [0.4, 0.5) is 0 Å². The molecule has 0 saturated heterocycles. The molecular formula is C13H18N2O3. The van der Waals surface area contributed by atoms with Crippen molar-refractivity contribution in [1.29, 1.82) is 0 Å². The lowest BCUT2D eigenvalue weighted by Crippen LogP contribution is -2.34. The summed E-state index contributed by atoms with van der Waals surface area (Å²) in [7, 11) is 0. The highest BCUT2D eigenvalue weighted by molar-refractivity contribution is 5.93. The number of amides is 1. The van der Waals surface area contributed by atoms with Gasteiger partial charge in [-0.15, -0.1) is 0 Å². The predicted octanol–water partition coefficient (Wildman–Crippen LogP) is 1.49. The third kappa shape index (κ3) is 2.55. The number of rotatable bonds is 4. The van der Waals surface area contributed by atoms with Crippen LogP contribution < -0.4 is 5.32 Å². The van der Waals surface area contributed by atoms with E-state index in [-0.39, 0.29) is 17.9 Å². The van der Waals surface area contributed by atoms with Crippen LogP contribution in [0.2, 0.25) is 0 Å². The molecule has 0 unspecified atom stereocenters. The summed E-state index contributed by atoms with van der Waals surface area (Å²) < 4.78 is 1.87. The number of carboxylic acids is 1. The molecular weight excluding hydrogens is 232 g/mol. The number of aliphatic carboxylic acids is 1. The Morgan fingerprint density at radius 2 is 2.28 bits per heavy atom. The summed E-state index contributed by atoms with van der Waals surface area (Å²) in [6, 6.07) is 3.61. The number of aromatic nitrogens is 1. The third-order valence-electron chi connectivity index (χ3n) is 3.52. The van der Waals surface area contributed by atoms with Crippen LogP contribution in [0.1, 0.15) is 36.7 Å². The van der Waals surface area contributed by atoms with Crippen molar-refractivity contribution in [2.45, 2.75) is 38.8 Å². The van der Waals surface area contributed by atoms with Crippen molar-refractivity contribution >= 4 is 11.9 Å². The normalized spacial score (nSPS) is 22.9. The van der Waals surface area contributed by atoms with Crippen molar-refractivity contribution in [2.75, 3.05) is 0 Å². The maximum Gasteiger partial charge on any atom is 0.306 e. The molecule has 1 heterocycles. The second-order valence-corrected chi connectivity index (χ2v) is 4.70. The zero-order chi connectivity index (χ0) is 13.1. The molecule has 1 aliphatic carbocycles. The minimum Gasteiger partial charge on any atom is -0.481 e. The van der Waals surface area contributed by atoms with E-state index in [1.807, 2.05) is 23.8 Å². The van der Waals surface area contributed by atoms with Gasteiger partial charge in [-0.2, -0.15) is 0 Å². The summed E-state index contributed by atoms with van der Waals surface area (Å²) in [5.74, 6) is -1.19. The van der Waals surface area contributed by atoms with Crippen LogP contribution in [-0.4, -0.2) is 27.6 Å². The first-order valence-electron chi connectivity index (χ1n) is 6.30. The molecule has 1 fully saturated rings. The summed E-state index contributed by atoms with van der Waals surface area (Å²) in [6.07, 6.45) is 3.79. The largest absolute Gasteiger partial charge is 0.481 e. The van der Waals surface area contributed by atoms with Gasteiger partial charge in [0.25, 0.3) is 5.91 Å². The molecule has 1 amide bonds. The van der Waals surface area contributed by atoms with E-state index in [0.717, 1.165) is 13.0 Å². The van der Waals surface area contributed by atoms with Crippen molar-refractivity contribution in [1.82, 2.24) is 9.88 Å². The molecule has 5 nitrogen and oxygen atoms in total. The summed E-state index contributed by atoms with van der Waals surface area (Å²) >= 11 is 0. The standard InChI is InChI=1S/C13H18N2O3/c1-2-15-7-3-4-11(15)12(16)14-10-6-5-9(8-10)13(17)18/h3-4,7,9-10H,2,5-6,8H2,1H3,(H,14,16)(H,17,18)/t9-,10+/m1/s1. The Morgan fingerprint density at radius 1 is 1.50 bits per heavy atom. The fourth-order valence-corrected chi connectivity index (χ4v) is 2.49. The van der Waals surface area contributed by atoms with Gasteiger partial charge in [0.05, 0.1) is 5.92 Å². The minimum absolute atomic E-state index is 0.0150. The fraction of sp³-hybridized carbons (Fsp3) is 0.538. The highest BCUT2D eigenvalue weighted by atomic mass is 16.4.